The SMILES string of the molecule is CN1CCN(c2ccc(NC(=O)C3CCNCC3)nc2)CC1.Cl. The Bertz CT molecular complexity index is 496. The van der Waals surface area contributed by atoms with Crippen LogP contribution < -0.4 is 15.5 Å². The lowest BCUT2D eigenvalue weighted by molar-refractivity contribution is -0.120. The molecule has 2 aliphatic rings. The van der Waals surface area contributed by atoms with Crippen molar-refractivity contribution < 1.29 is 4.79 Å². The topological polar surface area (TPSA) is 60.5 Å². The number of hydrogen-bond acceptors (Lipinski definition) is 5. The Morgan fingerprint density at radius 2 is 1.91 bits per heavy atom. The molecule has 6 nitrogen and oxygen atoms in total. The average Bonchev–Trinajstić information content (AvgIpc) is 2.57. The molecule has 1 aromatic heterocycles. The van der Waals surface area contributed by atoms with Gasteiger partial charge in [0.15, 0.2) is 0 Å². The average molecular weight is 340 g/mol. The molecule has 0 saturated carbocycles. The predicted molar refractivity (Wildman–Crippen MR) is 95.4 cm³/mol. The summed E-state index contributed by atoms with van der Waals surface area (Å²) in [6.07, 6.45) is 3.68. The van der Waals surface area contributed by atoms with Gasteiger partial charge in [-0.2, -0.15) is 0 Å². The number of aromatic nitrogens is 1. The number of carbonyl (C=O) groups is 1. The number of piperazine rings is 1. The predicted octanol–water partition coefficient (Wildman–Crippen LogP) is 1.19. The number of anilines is 2. The normalized spacial score (nSPS) is 20.0. The molecule has 1 amide bonds. The lowest BCUT2D eigenvalue weighted by Crippen LogP contribution is -2.44. The Labute approximate surface area is 144 Å². The second kappa shape index (κ2) is 8.47. The van der Waals surface area contributed by atoms with Gasteiger partial charge in [0.25, 0.3) is 0 Å². The second-order valence-electron chi connectivity index (χ2n) is 6.21. The number of likely N-dealkylation sites (N-methyl/N-ethyl adjacent to an activating group) is 1. The van der Waals surface area contributed by atoms with Gasteiger partial charge in [-0.15, -0.1) is 12.4 Å². The molecule has 128 valence electrons. The first-order valence-corrected chi connectivity index (χ1v) is 8.13. The summed E-state index contributed by atoms with van der Waals surface area (Å²) in [4.78, 5) is 21.3. The first-order valence-electron chi connectivity index (χ1n) is 8.13. The van der Waals surface area contributed by atoms with Gasteiger partial charge in [-0.25, -0.2) is 4.98 Å². The number of nitrogens with one attached hydrogen (secondary N) is 2. The lowest BCUT2D eigenvalue weighted by atomic mass is 9.97. The molecule has 0 bridgehead atoms. The van der Waals surface area contributed by atoms with Crippen molar-refractivity contribution in [2.75, 3.05) is 56.5 Å². The van der Waals surface area contributed by atoms with E-state index in [1.807, 2.05) is 12.3 Å². The maximum absolute atomic E-state index is 12.2. The van der Waals surface area contributed by atoms with Crippen molar-refractivity contribution >= 4 is 29.8 Å². The van der Waals surface area contributed by atoms with E-state index in [-0.39, 0.29) is 24.2 Å². The number of nitrogens with zero attached hydrogens (tertiary/aromatic N) is 3. The van der Waals surface area contributed by atoms with Crippen LogP contribution in [0, 0.1) is 5.92 Å². The summed E-state index contributed by atoms with van der Waals surface area (Å²) in [5.74, 6) is 0.864. The van der Waals surface area contributed by atoms with Gasteiger partial charge in [0.2, 0.25) is 5.91 Å². The van der Waals surface area contributed by atoms with E-state index >= 15 is 0 Å². The highest BCUT2D eigenvalue weighted by Crippen LogP contribution is 2.18. The van der Waals surface area contributed by atoms with Gasteiger partial charge in [-0.1, -0.05) is 0 Å². The standard InChI is InChI=1S/C16H25N5O.ClH/c1-20-8-10-21(11-9-20)14-2-3-15(18-12-14)19-16(22)13-4-6-17-7-5-13;/h2-3,12-13,17H,4-11H2,1H3,(H,18,19,22);1H. The van der Waals surface area contributed by atoms with Crippen molar-refractivity contribution in [1.29, 1.82) is 0 Å². The minimum absolute atomic E-state index is 0. The quantitative estimate of drug-likeness (QED) is 0.866. The Morgan fingerprint density at radius 1 is 1.22 bits per heavy atom. The minimum Gasteiger partial charge on any atom is -0.368 e. The summed E-state index contributed by atoms with van der Waals surface area (Å²) in [6, 6.07) is 3.96. The maximum Gasteiger partial charge on any atom is 0.228 e. The van der Waals surface area contributed by atoms with Gasteiger partial charge in [-0.3, -0.25) is 4.79 Å². The van der Waals surface area contributed by atoms with Crippen molar-refractivity contribution in [2.24, 2.45) is 5.92 Å². The number of hydrogen-bond donors (Lipinski definition) is 2. The Kier molecular flexibility index (Phi) is 6.62. The van der Waals surface area contributed by atoms with Gasteiger partial charge in [-0.05, 0) is 45.1 Å². The van der Waals surface area contributed by atoms with Crippen LogP contribution in [0.1, 0.15) is 12.8 Å². The second-order valence-corrected chi connectivity index (χ2v) is 6.21. The molecule has 0 unspecified atom stereocenters. The van der Waals surface area contributed by atoms with Gasteiger partial charge >= 0.3 is 0 Å². The van der Waals surface area contributed by atoms with E-state index in [1.165, 1.54) is 0 Å². The molecule has 1 aromatic rings. The molecule has 23 heavy (non-hydrogen) atoms. The van der Waals surface area contributed by atoms with Crippen LogP contribution in [0.15, 0.2) is 18.3 Å². The molecule has 2 fully saturated rings. The largest absolute Gasteiger partial charge is 0.368 e. The summed E-state index contributed by atoms with van der Waals surface area (Å²) in [5, 5.41) is 6.22. The maximum atomic E-state index is 12.2. The van der Waals surface area contributed by atoms with E-state index in [2.05, 4.69) is 38.5 Å². The van der Waals surface area contributed by atoms with E-state index in [0.717, 1.165) is 57.8 Å². The Hall–Kier alpha value is -1.37. The van der Waals surface area contributed by atoms with Crippen molar-refractivity contribution in [2.45, 2.75) is 12.8 Å². The Balaban J connectivity index is 0.00000192. The first kappa shape index (κ1) is 18.0. The third-order valence-corrected chi connectivity index (χ3v) is 4.58. The number of piperidine rings is 1. The van der Waals surface area contributed by atoms with E-state index in [0.29, 0.717) is 5.82 Å². The number of halogens is 1. The summed E-state index contributed by atoms with van der Waals surface area (Å²) in [5.41, 5.74) is 1.13. The molecular weight excluding hydrogens is 314 g/mol. The number of rotatable bonds is 3. The van der Waals surface area contributed by atoms with Crippen LogP contribution in [0.2, 0.25) is 0 Å². The molecule has 2 saturated heterocycles. The Morgan fingerprint density at radius 3 is 2.52 bits per heavy atom. The van der Waals surface area contributed by atoms with Crippen molar-refractivity contribution in [1.82, 2.24) is 15.2 Å². The zero-order valence-corrected chi connectivity index (χ0v) is 14.4. The highest BCUT2D eigenvalue weighted by Gasteiger charge is 2.21. The molecule has 0 radical (unpaired) electrons. The third kappa shape index (κ3) is 4.80. The highest BCUT2D eigenvalue weighted by molar-refractivity contribution is 5.91. The zero-order chi connectivity index (χ0) is 15.4. The number of pyridine rings is 1. The van der Waals surface area contributed by atoms with Gasteiger partial charge < -0.3 is 20.4 Å². The fourth-order valence-electron chi connectivity index (χ4n) is 3.02. The van der Waals surface area contributed by atoms with E-state index in [4.69, 9.17) is 0 Å². The van der Waals surface area contributed by atoms with Gasteiger partial charge in [0.1, 0.15) is 5.82 Å². The summed E-state index contributed by atoms with van der Waals surface area (Å²) in [7, 11) is 2.15. The lowest BCUT2D eigenvalue weighted by Gasteiger charge is -2.33. The third-order valence-electron chi connectivity index (χ3n) is 4.58. The molecular formula is C16H26ClN5O. The van der Waals surface area contributed by atoms with E-state index in [9.17, 15) is 4.79 Å². The number of amides is 1. The first-order chi connectivity index (χ1) is 10.7. The van der Waals surface area contributed by atoms with Crippen molar-refractivity contribution in [3.05, 3.63) is 18.3 Å². The van der Waals surface area contributed by atoms with Crippen LogP contribution in [0.3, 0.4) is 0 Å². The molecule has 0 aliphatic carbocycles. The van der Waals surface area contributed by atoms with E-state index in [1.54, 1.807) is 0 Å². The fourth-order valence-corrected chi connectivity index (χ4v) is 3.02. The van der Waals surface area contributed by atoms with E-state index < -0.39 is 0 Å². The fraction of sp³-hybridized carbons (Fsp3) is 0.625. The van der Waals surface area contributed by atoms with Crippen LogP contribution >= 0.6 is 12.4 Å². The zero-order valence-electron chi connectivity index (χ0n) is 13.6. The smallest absolute Gasteiger partial charge is 0.228 e. The van der Waals surface area contributed by atoms with Gasteiger partial charge in [0.05, 0.1) is 11.9 Å². The van der Waals surface area contributed by atoms with Crippen LogP contribution in [-0.2, 0) is 4.79 Å². The molecule has 3 heterocycles. The molecule has 2 aliphatic heterocycles. The molecule has 0 spiro atoms. The van der Waals surface area contributed by atoms with Gasteiger partial charge in [0, 0.05) is 32.1 Å². The van der Waals surface area contributed by atoms with Crippen LogP contribution in [-0.4, -0.2) is 62.1 Å². The van der Waals surface area contributed by atoms with Crippen molar-refractivity contribution in [3.8, 4) is 0 Å². The molecule has 3 rings (SSSR count). The molecule has 2 N–H and O–H groups in total. The summed E-state index contributed by atoms with van der Waals surface area (Å²) >= 11 is 0. The number of carbonyl (C=O) groups excluding carboxylic acids is 1. The monoisotopic (exact) mass is 339 g/mol. The summed E-state index contributed by atoms with van der Waals surface area (Å²) < 4.78 is 0. The van der Waals surface area contributed by atoms with Crippen molar-refractivity contribution in [3.63, 3.8) is 0 Å². The summed E-state index contributed by atoms with van der Waals surface area (Å²) in [6.45, 7) is 6.06. The van der Waals surface area contributed by atoms with Crippen LogP contribution in [0.5, 0.6) is 0 Å². The minimum atomic E-state index is 0. The highest BCUT2D eigenvalue weighted by atomic mass is 35.5. The van der Waals surface area contributed by atoms with Crippen LogP contribution in [0.25, 0.3) is 0 Å². The molecule has 7 heteroatoms. The molecule has 0 atom stereocenters. The van der Waals surface area contributed by atoms with Crippen LogP contribution in [0.4, 0.5) is 11.5 Å². The molecule has 0 aromatic carbocycles.